The zero-order chi connectivity index (χ0) is 19.2. The van der Waals surface area contributed by atoms with E-state index in [0.29, 0.717) is 12.2 Å². The van der Waals surface area contributed by atoms with Gasteiger partial charge in [-0.2, -0.15) is 0 Å². The molecule has 138 valence electrons. The summed E-state index contributed by atoms with van der Waals surface area (Å²) in [5.41, 5.74) is 6.07. The van der Waals surface area contributed by atoms with E-state index in [1.807, 2.05) is 53.5 Å². The lowest BCUT2D eigenvalue weighted by Crippen LogP contribution is -2.27. The van der Waals surface area contributed by atoms with Gasteiger partial charge in [0.05, 0.1) is 11.0 Å². The van der Waals surface area contributed by atoms with E-state index in [0.717, 1.165) is 33.5 Å². The Balaban J connectivity index is 1.69. The number of aryl methyl sites for hydroxylation is 1. The van der Waals surface area contributed by atoms with Crippen molar-refractivity contribution in [2.45, 2.75) is 39.7 Å². The maximum Gasteiger partial charge on any atom is 0.139 e. The van der Waals surface area contributed by atoms with Crippen molar-refractivity contribution in [2.24, 2.45) is 0 Å². The van der Waals surface area contributed by atoms with Crippen LogP contribution in [0.15, 0.2) is 48.9 Å². The Morgan fingerprint density at radius 2 is 1.85 bits per heavy atom. The highest BCUT2D eigenvalue weighted by Crippen LogP contribution is 2.28. The van der Waals surface area contributed by atoms with Gasteiger partial charge in [0.1, 0.15) is 11.4 Å². The Hall–Kier alpha value is -2.92. The summed E-state index contributed by atoms with van der Waals surface area (Å²) >= 11 is 0. The highest BCUT2D eigenvalue weighted by Gasteiger charge is 2.29. The zero-order valence-corrected chi connectivity index (χ0v) is 16.1. The molecule has 5 heteroatoms. The van der Waals surface area contributed by atoms with Crippen molar-refractivity contribution < 1.29 is 5.11 Å². The Kier molecular flexibility index (Phi) is 4.12. The Morgan fingerprint density at radius 1 is 1.11 bits per heavy atom. The molecule has 0 amide bonds. The number of aliphatic hydroxyl groups is 1. The molecule has 0 spiro atoms. The Bertz CT molecular complexity index is 1110. The molecule has 0 aliphatic carbocycles. The topological polar surface area (TPSA) is 66.7 Å². The number of hydrogen-bond acceptors (Lipinski definition) is 3. The summed E-state index contributed by atoms with van der Waals surface area (Å²) in [5, 5.41) is 11.1. The van der Waals surface area contributed by atoms with E-state index in [1.54, 1.807) is 6.92 Å². The van der Waals surface area contributed by atoms with Crippen molar-refractivity contribution in [1.82, 2.24) is 19.5 Å². The van der Waals surface area contributed by atoms with Crippen LogP contribution in [0, 0.1) is 20.8 Å². The lowest BCUT2D eigenvalue weighted by Gasteiger charge is -2.22. The van der Waals surface area contributed by atoms with Gasteiger partial charge >= 0.3 is 0 Å². The number of nitrogens with zero attached hydrogens (tertiary/aromatic N) is 3. The Morgan fingerprint density at radius 3 is 2.59 bits per heavy atom. The molecule has 1 unspecified atom stereocenters. The van der Waals surface area contributed by atoms with Crippen molar-refractivity contribution in [3.63, 3.8) is 0 Å². The van der Waals surface area contributed by atoms with Gasteiger partial charge in [0.2, 0.25) is 0 Å². The number of imidazole rings is 1. The first kappa shape index (κ1) is 17.5. The molecule has 4 rings (SSSR count). The number of nitrogens with one attached hydrogen (secondary N) is 1. The highest BCUT2D eigenvalue weighted by atomic mass is 16.3. The van der Waals surface area contributed by atoms with Crippen molar-refractivity contribution >= 4 is 11.0 Å². The van der Waals surface area contributed by atoms with Gasteiger partial charge in [-0.3, -0.25) is 4.98 Å². The van der Waals surface area contributed by atoms with Crippen LogP contribution < -0.4 is 0 Å². The van der Waals surface area contributed by atoms with E-state index < -0.39 is 5.60 Å². The minimum atomic E-state index is -1.13. The fourth-order valence-electron chi connectivity index (χ4n) is 3.39. The molecule has 1 aromatic carbocycles. The fourth-order valence-corrected chi connectivity index (χ4v) is 3.39. The van der Waals surface area contributed by atoms with Gasteiger partial charge in [0.25, 0.3) is 0 Å². The second-order valence-corrected chi connectivity index (χ2v) is 7.47. The van der Waals surface area contributed by atoms with Gasteiger partial charge in [0, 0.05) is 36.4 Å². The molecule has 0 fully saturated rings. The van der Waals surface area contributed by atoms with Crippen LogP contribution in [0.4, 0.5) is 0 Å². The minimum Gasteiger partial charge on any atom is -0.382 e. The molecule has 0 aliphatic heterocycles. The monoisotopic (exact) mass is 360 g/mol. The van der Waals surface area contributed by atoms with Crippen LogP contribution in [0.3, 0.4) is 0 Å². The summed E-state index contributed by atoms with van der Waals surface area (Å²) in [6.45, 7) is 7.99. The standard InChI is InChI=1S/C22H24N4O/c1-14-13-23-20(16(3)15(14)2)12-22(4,27)21-24-18-8-7-17(11-19(18)25-21)26-9-5-6-10-26/h5-11,13,27H,12H2,1-4H3,(H,24,25). The first-order chi connectivity index (χ1) is 12.8. The Labute approximate surface area is 158 Å². The van der Waals surface area contributed by atoms with E-state index in [-0.39, 0.29) is 0 Å². The normalized spacial score (nSPS) is 13.8. The third-order valence-electron chi connectivity index (χ3n) is 5.39. The molecular formula is C22H24N4O. The lowest BCUT2D eigenvalue weighted by atomic mass is 9.94. The van der Waals surface area contributed by atoms with Gasteiger partial charge in [0.15, 0.2) is 0 Å². The first-order valence-electron chi connectivity index (χ1n) is 9.13. The van der Waals surface area contributed by atoms with Crippen LogP contribution in [0.2, 0.25) is 0 Å². The van der Waals surface area contributed by atoms with Gasteiger partial charge in [-0.25, -0.2) is 4.98 Å². The predicted octanol–water partition coefficient (Wildman–Crippen LogP) is 4.12. The van der Waals surface area contributed by atoms with E-state index in [2.05, 4.69) is 35.7 Å². The number of H-pyrrole nitrogens is 1. The number of benzene rings is 1. The average Bonchev–Trinajstić information content (AvgIpc) is 3.31. The number of fused-ring (bicyclic) bond motifs is 1. The molecule has 1 atom stereocenters. The summed E-state index contributed by atoms with van der Waals surface area (Å²) < 4.78 is 2.04. The van der Waals surface area contributed by atoms with Crippen LogP contribution in [-0.2, 0) is 12.0 Å². The van der Waals surface area contributed by atoms with Crippen molar-refractivity contribution in [2.75, 3.05) is 0 Å². The third-order valence-corrected chi connectivity index (χ3v) is 5.39. The quantitative estimate of drug-likeness (QED) is 0.575. The van der Waals surface area contributed by atoms with E-state index in [4.69, 9.17) is 0 Å². The first-order valence-corrected chi connectivity index (χ1v) is 9.13. The minimum absolute atomic E-state index is 0.407. The van der Waals surface area contributed by atoms with Crippen LogP contribution >= 0.6 is 0 Å². The second kappa shape index (κ2) is 6.35. The molecule has 4 aromatic rings. The highest BCUT2D eigenvalue weighted by molar-refractivity contribution is 5.77. The predicted molar refractivity (Wildman–Crippen MR) is 107 cm³/mol. The maximum absolute atomic E-state index is 11.1. The molecule has 0 aliphatic rings. The van der Waals surface area contributed by atoms with Gasteiger partial charge in [-0.05, 0) is 74.7 Å². The van der Waals surface area contributed by atoms with E-state index >= 15 is 0 Å². The number of aromatic amines is 1. The molecule has 0 radical (unpaired) electrons. The van der Waals surface area contributed by atoms with Gasteiger partial charge in [-0.1, -0.05) is 0 Å². The van der Waals surface area contributed by atoms with Gasteiger partial charge in [-0.15, -0.1) is 0 Å². The molecule has 0 saturated heterocycles. The summed E-state index contributed by atoms with van der Waals surface area (Å²) in [6, 6.07) is 10.0. The summed E-state index contributed by atoms with van der Waals surface area (Å²) in [5.74, 6) is 0.557. The summed E-state index contributed by atoms with van der Waals surface area (Å²) in [7, 11) is 0. The number of rotatable bonds is 4. The second-order valence-electron chi connectivity index (χ2n) is 7.47. The molecule has 0 saturated carbocycles. The average molecular weight is 360 g/mol. The van der Waals surface area contributed by atoms with E-state index in [1.165, 1.54) is 5.56 Å². The number of pyridine rings is 1. The molecule has 3 heterocycles. The van der Waals surface area contributed by atoms with Crippen molar-refractivity contribution in [1.29, 1.82) is 0 Å². The van der Waals surface area contributed by atoms with Crippen LogP contribution in [0.5, 0.6) is 0 Å². The largest absolute Gasteiger partial charge is 0.382 e. The fraction of sp³-hybridized carbons (Fsp3) is 0.273. The number of aromatic nitrogens is 4. The number of hydrogen-bond donors (Lipinski definition) is 2. The van der Waals surface area contributed by atoms with E-state index in [9.17, 15) is 5.11 Å². The molecule has 5 nitrogen and oxygen atoms in total. The molecule has 27 heavy (non-hydrogen) atoms. The third kappa shape index (κ3) is 3.15. The molecular weight excluding hydrogens is 336 g/mol. The lowest BCUT2D eigenvalue weighted by molar-refractivity contribution is 0.0481. The smallest absolute Gasteiger partial charge is 0.139 e. The summed E-state index contributed by atoms with van der Waals surface area (Å²) in [6.07, 6.45) is 6.28. The van der Waals surface area contributed by atoms with Crippen molar-refractivity contribution in [3.8, 4) is 5.69 Å². The van der Waals surface area contributed by atoms with Crippen LogP contribution in [0.1, 0.15) is 35.1 Å². The van der Waals surface area contributed by atoms with Crippen molar-refractivity contribution in [3.05, 3.63) is 77.1 Å². The maximum atomic E-state index is 11.1. The molecule has 3 aromatic heterocycles. The molecule has 0 bridgehead atoms. The van der Waals surface area contributed by atoms with Crippen LogP contribution in [-0.4, -0.2) is 24.6 Å². The van der Waals surface area contributed by atoms with Gasteiger partial charge < -0.3 is 14.7 Å². The summed E-state index contributed by atoms with van der Waals surface area (Å²) in [4.78, 5) is 12.5. The van der Waals surface area contributed by atoms with Crippen LogP contribution in [0.25, 0.3) is 16.7 Å². The SMILES string of the molecule is Cc1cnc(CC(C)(O)c2nc3ccc(-n4cccc4)cc3[nH]2)c(C)c1C. The molecule has 2 N–H and O–H groups in total. The zero-order valence-electron chi connectivity index (χ0n) is 16.1.